The number of hydrogen-bond acceptors (Lipinski definition) is 3. The smallest absolute Gasteiger partial charge is 0.329 e. The summed E-state index contributed by atoms with van der Waals surface area (Å²) >= 11 is 0. The van der Waals surface area contributed by atoms with Gasteiger partial charge in [0.25, 0.3) is 5.91 Å². The summed E-state index contributed by atoms with van der Waals surface area (Å²) in [5.74, 6) is -0.779. The van der Waals surface area contributed by atoms with Crippen molar-refractivity contribution in [3.8, 4) is 0 Å². The molecule has 0 aliphatic heterocycles. The lowest BCUT2D eigenvalue weighted by Gasteiger charge is -2.20. The fourth-order valence-electron chi connectivity index (χ4n) is 1.54. The average molecular weight is 261 g/mol. The number of carbonyl (C=O) groups excluding carboxylic acids is 2. The monoisotopic (exact) mass is 261 g/mol. The molecule has 0 heterocycles. The predicted molar refractivity (Wildman–Crippen MR) is 73.7 cm³/mol. The van der Waals surface area contributed by atoms with Gasteiger partial charge in [-0.2, -0.15) is 0 Å². The van der Waals surface area contributed by atoms with E-state index in [1.807, 2.05) is 19.9 Å². The first-order valence-corrected chi connectivity index (χ1v) is 6.19. The Kier molecular flexibility index (Phi) is 5.79. The molecule has 0 radical (unpaired) electrons. The van der Waals surface area contributed by atoms with Gasteiger partial charge >= 0.3 is 5.97 Å². The lowest BCUT2D eigenvalue weighted by atomic mass is 10.0. The first-order chi connectivity index (χ1) is 9.06. The van der Waals surface area contributed by atoms with Crippen LogP contribution in [0.2, 0.25) is 0 Å². The summed E-state index contributed by atoms with van der Waals surface area (Å²) in [7, 11) is 0. The number of esters is 1. The maximum absolute atomic E-state index is 12.0. The first-order valence-electron chi connectivity index (χ1n) is 6.19. The molecule has 0 bridgehead atoms. The standard InChI is InChI=1S/C15H19NO3/c1-4-10-19-15(18)13(11(2)3)16-14(17)12-8-6-5-7-9-12/h4-9,11,13H,1,10H2,2-3H3,(H,16,17). The molecule has 102 valence electrons. The highest BCUT2D eigenvalue weighted by atomic mass is 16.5. The zero-order valence-corrected chi connectivity index (χ0v) is 11.3. The molecule has 4 heteroatoms. The van der Waals surface area contributed by atoms with Crippen LogP contribution in [0.4, 0.5) is 0 Å². The van der Waals surface area contributed by atoms with Gasteiger partial charge in [0.1, 0.15) is 12.6 Å². The molecule has 1 atom stereocenters. The van der Waals surface area contributed by atoms with Crippen molar-refractivity contribution in [3.05, 3.63) is 48.6 Å². The minimum absolute atomic E-state index is 0.0509. The normalized spacial score (nSPS) is 11.7. The molecule has 1 rings (SSSR count). The van der Waals surface area contributed by atoms with Gasteiger partial charge < -0.3 is 10.1 Å². The van der Waals surface area contributed by atoms with Crippen LogP contribution < -0.4 is 5.32 Å². The van der Waals surface area contributed by atoms with E-state index in [0.717, 1.165) is 0 Å². The van der Waals surface area contributed by atoms with E-state index < -0.39 is 12.0 Å². The Morgan fingerprint density at radius 1 is 1.32 bits per heavy atom. The van der Waals surface area contributed by atoms with Crippen LogP contribution in [0.3, 0.4) is 0 Å². The molecule has 0 spiro atoms. The van der Waals surface area contributed by atoms with Crippen molar-refractivity contribution in [1.82, 2.24) is 5.32 Å². The van der Waals surface area contributed by atoms with E-state index in [2.05, 4.69) is 11.9 Å². The summed E-state index contributed by atoms with van der Waals surface area (Å²) in [5, 5.41) is 2.69. The number of hydrogen-bond donors (Lipinski definition) is 1. The molecular formula is C15H19NO3. The minimum Gasteiger partial charge on any atom is -0.460 e. The van der Waals surface area contributed by atoms with Crippen molar-refractivity contribution < 1.29 is 14.3 Å². The Bertz CT molecular complexity index is 440. The van der Waals surface area contributed by atoms with Crippen molar-refractivity contribution in [3.63, 3.8) is 0 Å². The number of ether oxygens (including phenoxy) is 1. The lowest BCUT2D eigenvalue weighted by Crippen LogP contribution is -2.45. The lowest BCUT2D eigenvalue weighted by molar-refractivity contribution is -0.145. The minimum atomic E-state index is -0.660. The second-order valence-corrected chi connectivity index (χ2v) is 4.48. The Hall–Kier alpha value is -2.10. The second kappa shape index (κ2) is 7.36. The molecule has 0 aliphatic rings. The number of amides is 1. The molecule has 0 fully saturated rings. The molecule has 0 saturated carbocycles. The Morgan fingerprint density at radius 3 is 2.47 bits per heavy atom. The van der Waals surface area contributed by atoms with Gasteiger partial charge in [-0.05, 0) is 18.1 Å². The number of carbonyl (C=O) groups is 2. The molecule has 1 N–H and O–H groups in total. The van der Waals surface area contributed by atoms with Crippen LogP contribution in [-0.4, -0.2) is 24.5 Å². The summed E-state index contributed by atoms with van der Waals surface area (Å²) < 4.78 is 4.98. The summed E-state index contributed by atoms with van der Waals surface area (Å²) in [5.41, 5.74) is 0.518. The van der Waals surface area contributed by atoms with Crippen LogP contribution in [-0.2, 0) is 9.53 Å². The zero-order chi connectivity index (χ0) is 14.3. The molecule has 1 aromatic carbocycles. The number of benzene rings is 1. The third-order valence-corrected chi connectivity index (χ3v) is 2.59. The van der Waals surface area contributed by atoms with Gasteiger partial charge in [-0.1, -0.05) is 44.7 Å². The van der Waals surface area contributed by atoms with Crippen molar-refractivity contribution >= 4 is 11.9 Å². The van der Waals surface area contributed by atoms with Gasteiger partial charge in [0.15, 0.2) is 0 Å². The highest BCUT2D eigenvalue weighted by molar-refractivity contribution is 5.96. The molecule has 4 nitrogen and oxygen atoms in total. The van der Waals surface area contributed by atoms with Crippen LogP contribution in [0.1, 0.15) is 24.2 Å². The highest BCUT2D eigenvalue weighted by Crippen LogP contribution is 2.06. The maximum Gasteiger partial charge on any atom is 0.329 e. The van der Waals surface area contributed by atoms with Gasteiger partial charge in [-0.15, -0.1) is 0 Å². The Balaban J connectivity index is 2.71. The van der Waals surface area contributed by atoms with E-state index in [-0.39, 0.29) is 18.4 Å². The summed E-state index contributed by atoms with van der Waals surface area (Å²) in [6.07, 6.45) is 1.49. The topological polar surface area (TPSA) is 55.4 Å². The molecule has 1 unspecified atom stereocenters. The van der Waals surface area contributed by atoms with Crippen LogP contribution in [0.5, 0.6) is 0 Å². The molecule has 19 heavy (non-hydrogen) atoms. The molecule has 0 aliphatic carbocycles. The van der Waals surface area contributed by atoms with Crippen molar-refractivity contribution in [2.24, 2.45) is 5.92 Å². The van der Waals surface area contributed by atoms with Crippen LogP contribution in [0.15, 0.2) is 43.0 Å². The predicted octanol–water partition coefficient (Wildman–Crippen LogP) is 2.17. The van der Waals surface area contributed by atoms with Crippen LogP contribution >= 0.6 is 0 Å². The maximum atomic E-state index is 12.0. The van der Waals surface area contributed by atoms with Crippen LogP contribution in [0, 0.1) is 5.92 Å². The fraction of sp³-hybridized carbons (Fsp3) is 0.333. The Labute approximate surface area is 113 Å². The SMILES string of the molecule is C=CCOC(=O)C(NC(=O)c1ccccc1)C(C)C. The van der Waals surface area contributed by atoms with E-state index in [1.165, 1.54) is 6.08 Å². The van der Waals surface area contributed by atoms with E-state index in [4.69, 9.17) is 4.74 Å². The first kappa shape index (κ1) is 15.0. The zero-order valence-electron chi connectivity index (χ0n) is 11.3. The molecule has 0 aromatic heterocycles. The number of nitrogens with one attached hydrogen (secondary N) is 1. The van der Waals surface area contributed by atoms with Crippen molar-refractivity contribution in [2.45, 2.75) is 19.9 Å². The van der Waals surface area contributed by atoms with Gasteiger partial charge in [0.05, 0.1) is 0 Å². The van der Waals surface area contributed by atoms with E-state index >= 15 is 0 Å². The van der Waals surface area contributed by atoms with Crippen molar-refractivity contribution in [1.29, 1.82) is 0 Å². The summed E-state index contributed by atoms with van der Waals surface area (Å²) in [6.45, 7) is 7.33. The summed E-state index contributed by atoms with van der Waals surface area (Å²) in [4.78, 5) is 23.8. The van der Waals surface area contributed by atoms with Gasteiger partial charge in [0.2, 0.25) is 0 Å². The molecule has 1 aromatic rings. The van der Waals surface area contributed by atoms with Gasteiger partial charge in [0, 0.05) is 5.56 Å². The van der Waals surface area contributed by atoms with Crippen molar-refractivity contribution in [2.75, 3.05) is 6.61 Å². The molecule has 1 amide bonds. The average Bonchev–Trinajstić information content (AvgIpc) is 2.42. The number of rotatable bonds is 6. The second-order valence-electron chi connectivity index (χ2n) is 4.48. The third-order valence-electron chi connectivity index (χ3n) is 2.59. The van der Waals surface area contributed by atoms with E-state index in [9.17, 15) is 9.59 Å². The Morgan fingerprint density at radius 2 is 1.95 bits per heavy atom. The summed E-state index contributed by atoms with van der Waals surface area (Å²) in [6, 6.07) is 8.11. The fourth-order valence-corrected chi connectivity index (χ4v) is 1.54. The molecule has 0 saturated heterocycles. The van der Waals surface area contributed by atoms with Gasteiger partial charge in [-0.25, -0.2) is 4.79 Å². The van der Waals surface area contributed by atoms with E-state index in [1.54, 1.807) is 24.3 Å². The van der Waals surface area contributed by atoms with Gasteiger partial charge in [-0.3, -0.25) is 4.79 Å². The molecular weight excluding hydrogens is 242 g/mol. The largest absolute Gasteiger partial charge is 0.460 e. The third kappa shape index (κ3) is 4.58. The highest BCUT2D eigenvalue weighted by Gasteiger charge is 2.25. The van der Waals surface area contributed by atoms with Crippen LogP contribution in [0.25, 0.3) is 0 Å². The quantitative estimate of drug-likeness (QED) is 0.630. The van der Waals surface area contributed by atoms with E-state index in [0.29, 0.717) is 5.56 Å².